The molecule has 0 radical (unpaired) electrons. The molecule has 0 aromatic carbocycles. The quantitative estimate of drug-likeness (QED) is 0.0331. The maximum Gasteiger partial charge on any atom is 0.220 e. The second-order valence-electron chi connectivity index (χ2n) is 19.7. The van der Waals surface area contributed by atoms with Crippen molar-refractivity contribution < 1.29 is 39.8 Å². The fourth-order valence-electron chi connectivity index (χ4n) is 9.28. The Kier molecular flexibility index (Phi) is 43.0. The summed E-state index contributed by atoms with van der Waals surface area (Å²) in [6, 6.07) is -0.712. The van der Waals surface area contributed by atoms with Gasteiger partial charge in [-0.2, -0.15) is 0 Å². The Labute approximate surface area is 389 Å². The zero-order valence-corrected chi connectivity index (χ0v) is 41.6. The lowest BCUT2D eigenvalue weighted by Crippen LogP contribution is -2.60. The first-order chi connectivity index (χ1) is 30.8. The molecule has 1 aliphatic heterocycles. The van der Waals surface area contributed by atoms with E-state index in [1.165, 1.54) is 218 Å². The van der Waals surface area contributed by atoms with E-state index in [4.69, 9.17) is 9.47 Å². The van der Waals surface area contributed by atoms with Crippen LogP contribution in [0.15, 0.2) is 0 Å². The van der Waals surface area contributed by atoms with Crippen LogP contribution in [0.4, 0.5) is 0 Å². The minimum absolute atomic E-state index is 0.131. The van der Waals surface area contributed by atoms with E-state index >= 15 is 0 Å². The molecule has 1 amide bonds. The van der Waals surface area contributed by atoms with Gasteiger partial charge in [0.05, 0.1) is 25.4 Å². The van der Waals surface area contributed by atoms with Gasteiger partial charge in [-0.3, -0.25) is 4.79 Å². The van der Waals surface area contributed by atoms with Crippen molar-refractivity contribution in [3.63, 3.8) is 0 Å². The molecule has 7 unspecified atom stereocenters. The predicted molar refractivity (Wildman–Crippen MR) is 263 cm³/mol. The van der Waals surface area contributed by atoms with Crippen molar-refractivity contribution in [3.8, 4) is 0 Å². The summed E-state index contributed by atoms with van der Waals surface area (Å²) >= 11 is 0. The van der Waals surface area contributed by atoms with E-state index in [9.17, 15) is 30.3 Å². The van der Waals surface area contributed by atoms with E-state index in [-0.39, 0.29) is 12.5 Å². The number of hydrogen-bond acceptors (Lipinski definition) is 8. The average molecular weight is 898 g/mol. The van der Waals surface area contributed by atoms with Crippen molar-refractivity contribution in [1.29, 1.82) is 0 Å². The number of hydrogen-bond donors (Lipinski definition) is 6. The van der Waals surface area contributed by atoms with Gasteiger partial charge in [-0.1, -0.05) is 264 Å². The van der Waals surface area contributed by atoms with E-state index < -0.39 is 49.5 Å². The second kappa shape index (κ2) is 45.0. The van der Waals surface area contributed by atoms with E-state index in [1.54, 1.807) is 0 Å². The molecule has 0 saturated carbocycles. The molecule has 1 rings (SSSR count). The van der Waals surface area contributed by atoms with Crippen LogP contribution in [0.1, 0.15) is 284 Å². The first-order valence-corrected chi connectivity index (χ1v) is 27.7. The van der Waals surface area contributed by atoms with Crippen LogP contribution in [0.2, 0.25) is 0 Å². The Morgan fingerprint density at radius 2 is 0.794 bits per heavy atom. The van der Waals surface area contributed by atoms with Crippen LogP contribution >= 0.6 is 0 Å². The first kappa shape index (κ1) is 60.2. The maximum absolute atomic E-state index is 13.0. The second-order valence-corrected chi connectivity index (χ2v) is 19.7. The third kappa shape index (κ3) is 35.1. The molecule has 0 aromatic heterocycles. The van der Waals surface area contributed by atoms with Gasteiger partial charge in [0.2, 0.25) is 5.91 Å². The number of carbonyl (C=O) groups is 1. The van der Waals surface area contributed by atoms with Gasteiger partial charge in [0.25, 0.3) is 0 Å². The van der Waals surface area contributed by atoms with Gasteiger partial charge in [0.15, 0.2) is 6.29 Å². The molecule has 0 spiro atoms. The summed E-state index contributed by atoms with van der Waals surface area (Å²) in [5.74, 6) is -0.137. The minimum atomic E-state index is -1.55. The number of rotatable bonds is 48. The highest BCUT2D eigenvalue weighted by atomic mass is 16.7. The highest BCUT2D eigenvalue weighted by Crippen LogP contribution is 2.23. The minimum Gasteiger partial charge on any atom is -0.394 e. The molecule has 1 heterocycles. The Hall–Kier alpha value is -0.810. The standard InChI is InChI=1S/C54H107NO8/c1-3-5-7-9-11-13-15-17-19-21-22-23-24-25-26-27-28-30-32-34-36-38-40-42-44-50(58)55-47(46-62-54-53(61)52(60)51(59)49(45-56)63-54)48(57)43-41-39-37-35-33-31-29-20-18-16-14-12-10-8-6-4-2/h47-49,51-54,56-57,59-61H,3-46H2,1-2H3,(H,55,58). The van der Waals surface area contributed by atoms with Gasteiger partial charge in [-0.15, -0.1) is 0 Å². The van der Waals surface area contributed by atoms with E-state index in [1.807, 2.05) is 0 Å². The van der Waals surface area contributed by atoms with E-state index in [0.29, 0.717) is 12.8 Å². The lowest BCUT2D eigenvalue weighted by atomic mass is 9.99. The van der Waals surface area contributed by atoms with Crippen LogP contribution < -0.4 is 5.32 Å². The predicted octanol–water partition coefficient (Wildman–Crippen LogP) is 13.1. The molecular weight excluding hydrogens is 791 g/mol. The Balaban J connectivity index is 2.19. The number of aliphatic hydroxyl groups is 5. The Morgan fingerprint density at radius 1 is 0.476 bits per heavy atom. The number of aliphatic hydroxyl groups excluding tert-OH is 5. The topological polar surface area (TPSA) is 149 Å². The third-order valence-corrected chi connectivity index (χ3v) is 13.7. The zero-order chi connectivity index (χ0) is 45.9. The maximum atomic E-state index is 13.0. The zero-order valence-electron chi connectivity index (χ0n) is 41.6. The molecule has 7 atom stereocenters. The molecule has 376 valence electrons. The smallest absolute Gasteiger partial charge is 0.220 e. The molecule has 9 nitrogen and oxygen atoms in total. The van der Waals surface area contributed by atoms with Crippen molar-refractivity contribution >= 4 is 5.91 Å². The average Bonchev–Trinajstić information content (AvgIpc) is 3.28. The van der Waals surface area contributed by atoms with Gasteiger partial charge >= 0.3 is 0 Å². The molecule has 0 aromatic rings. The highest BCUT2D eigenvalue weighted by molar-refractivity contribution is 5.76. The summed E-state index contributed by atoms with van der Waals surface area (Å²) in [5.41, 5.74) is 0. The summed E-state index contributed by atoms with van der Waals surface area (Å²) in [4.78, 5) is 13.0. The highest BCUT2D eigenvalue weighted by Gasteiger charge is 2.44. The van der Waals surface area contributed by atoms with Gasteiger partial charge < -0.3 is 40.3 Å². The molecule has 6 N–H and O–H groups in total. The van der Waals surface area contributed by atoms with Crippen LogP contribution in [-0.2, 0) is 14.3 Å². The summed E-state index contributed by atoms with van der Waals surface area (Å²) in [6.07, 6.45) is 45.5. The SMILES string of the molecule is CCCCCCCCCCCCCCCCCCCCCCCCCCC(=O)NC(COC1OC(CO)C(O)C(O)C1O)C(O)CCCCCCCCCCCCCCCCCC. The molecule has 0 bridgehead atoms. The largest absolute Gasteiger partial charge is 0.394 e. The van der Waals surface area contributed by atoms with Crippen molar-refractivity contribution in [2.45, 2.75) is 326 Å². The fraction of sp³-hybridized carbons (Fsp3) is 0.981. The number of unbranched alkanes of at least 4 members (excludes halogenated alkanes) is 38. The van der Waals surface area contributed by atoms with Crippen molar-refractivity contribution in [2.75, 3.05) is 13.2 Å². The third-order valence-electron chi connectivity index (χ3n) is 13.7. The normalized spacial score (nSPS) is 20.0. The lowest BCUT2D eigenvalue weighted by Gasteiger charge is -2.40. The van der Waals surface area contributed by atoms with Crippen LogP contribution in [0, 0.1) is 0 Å². The van der Waals surface area contributed by atoms with Crippen LogP contribution in [0.25, 0.3) is 0 Å². The monoisotopic (exact) mass is 898 g/mol. The van der Waals surface area contributed by atoms with Gasteiger partial charge in [-0.25, -0.2) is 0 Å². The van der Waals surface area contributed by atoms with Crippen molar-refractivity contribution in [1.82, 2.24) is 5.32 Å². The molecular formula is C54H107NO8. The van der Waals surface area contributed by atoms with Crippen LogP contribution in [-0.4, -0.2) is 87.5 Å². The van der Waals surface area contributed by atoms with Crippen molar-refractivity contribution in [2.24, 2.45) is 0 Å². The van der Waals surface area contributed by atoms with Crippen molar-refractivity contribution in [3.05, 3.63) is 0 Å². The van der Waals surface area contributed by atoms with E-state index in [0.717, 1.165) is 38.5 Å². The van der Waals surface area contributed by atoms with Crippen LogP contribution in [0.5, 0.6) is 0 Å². The van der Waals surface area contributed by atoms with Crippen LogP contribution in [0.3, 0.4) is 0 Å². The fourth-order valence-corrected chi connectivity index (χ4v) is 9.28. The number of carbonyl (C=O) groups excluding carboxylic acids is 1. The van der Waals surface area contributed by atoms with Gasteiger partial charge in [0.1, 0.15) is 24.4 Å². The molecule has 63 heavy (non-hydrogen) atoms. The number of amides is 1. The molecule has 1 saturated heterocycles. The molecule has 1 fully saturated rings. The molecule has 0 aliphatic carbocycles. The summed E-state index contributed by atoms with van der Waals surface area (Å²) < 4.78 is 11.3. The Morgan fingerprint density at radius 3 is 1.13 bits per heavy atom. The van der Waals surface area contributed by atoms with Gasteiger partial charge in [-0.05, 0) is 12.8 Å². The van der Waals surface area contributed by atoms with Gasteiger partial charge in [0, 0.05) is 6.42 Å². The first-order valence-electron chi connectivity index (χ1n) is 27.7. The summed E-state index contributed by atoms with van der Waals surface area (Å²) in [6.45, 7) is 3.88. The van der Waals surface area contributed by atoms with E-state index in [2.05, 4.69) is 19.2 Å². The Bertz CT molecular complexity index is 955. The summed E-state index contributed by atoms with van der Waals surface area (Å²) in [5, 5.41) is 54.6. The number of nitrogens with one attached hydrogen (secondary N) is 1. The number of ether oxygens (including phenoxy) is 2. The lowest BCUT2D eigenvalue weighted by molar-refractivity contribution is -0.302. The summed E-state index contributed by atoms with van der Waals surface area (Å²) in [7, 11) is 0. The molecule has 1 aliphatic rings. The molecule has 9 heteroatoms.